The molecule has 3 N–H and O–H groups in total. The first-order chi connectivity index (χ1) is 21.8. The molecule has 0 unspecified atom stereocenters. The number of methoxy groups -OCH3 is 1. The molecule has 4 rings (SSSR count). The quantitative estimate of drug-likeness (QED) is 0.267. The molecular formula is C36H45N3O6S. The summed E-state index contributed by atoms with van der Waals surface area (Å²) >= 11 is 1.47. The van der Waals surface area contributed by atoms with Crippen LogP contribution in [0.5, 0.6) is 11.5 Å². The smallest absolute Gasteiger partial charge is 0.258 e. The van der Waals surface area contributed by atoms with Crippen LogP contribution in [0, 0.1) is 27.7 Å². The molecule has 1 saturated heterocycles. The van der Waals surface area contributed by atoms with E-state index in [0.717, 1.165) is 33.4 Å². The van der Waals surface area contributed by atoms with Crippen LogP contribution in [0.4, 0.5) is 0 Å². The largest absolute Gasteiger partial charge is 0.497 e. The number of hydrogen-bond donors (Lipinski definition) is 3. The van der Waals surface area contributed by atoms with E-state index >= 15 is 0 Å². The summed E-state index contributed by atoms with van der Waals surface area (Å²) in [6.45, 7) is 11.7. The summed E-state index contributed by atoms with van der Waals surface area (Å²) in [4.78, 5) is 42.3. The van der Waals surface area contributed by atoms with E-state index in [9.17, 15) is 19.5 Å². The lowest BCUT2D eigenvalue weighted by Gasteiger charge is -2.33. The van der Waals surface area contributed by atoms with Gasteiger partial charge in [-0.1, -0.05) is 48.5 Å². The highest BCUT2D eigenvalue weighted by molar-refractivity contribution is 8.00. The minimum atomic E-state index is -1.62. The third-order valence-electron chi connectivity index (χ3n) is 8.51. The van der Waals surface area contributed by atoms with Crippen LogP contribution in [0.25, 0.3) is 0 Å². The van der Waals surface area contributed by atoms with Crippen LogP contribution in [-0.4, -0.2) is 70.3 Å². The molecule has 0 aliphatic carbocycles. The fourth-order valence-corrected chi connectivity index (χ4v) is 6.97. The van der Waals surface area contributed by atoms with E-state index in [4.69, 9.17) is 9.47 Å². The highest BCUT2D eigenvalue weighted by atomic mass is 32.2. The van der Waals surface area contributed by atoms with Gasteiger partial charge in [-0.2, -0.15) is 0 Å². The molecule has 0 bridgehead atoms. The van der Waals surface area contributed by atoms with Gasteiger partial charge in [-0.15, -0.1) is 11.8 Å². The van der Waals surface area contributed by atoms with Gasteiger partial charge in [0.05, 0.1) is 19.0 Å². The molecule has 0 aromatic heterocycles. The minimum Gasteiger partial charge on any atom is -0.497 e. The predicted octanol–water partition coefficient (Wildman–Crippen LogP) is 4.39. The van der Waals surface area contributed by atoms with Gasteiger partial charge < -0.3 is 30.1 Å². The van der Waals surface area contributed by atoms with E-state index in [1.807, 2.05) is 90.1 Å². The summed E-state index contributed by atoms with van der Waals surface area (Å²) in [6.07, 6.45) is -1.45. The number of hydrogen-bond acceptors (Lipinski definition) is 7. The molecule has 3 amide bonds. The van der Waals surface area contributed by atoms with Crippen LogP contribution in [0.15, 0.2) is 60.7 Å². The second-order valence-corrected chi connectivity index (χ2v) is 14.0. The summed E-state index contributed by atoms with van der Waals surface area (Å²) in [6, 6.07) is 17.1. The Morgan fingerprint density at radius 1 is 0.957 bits per heavy atom. The highest BCUT2D eigenvalue weighted by Gasteiger charge is 2.49. The van der Waals surface area contributed by atoms with Crippen molar-refractivity contribution in [3.8, 4) is 11.5 Å². The molecule has 1 heterocycles. The Bertz CT molecular complexity index is 1520. The van der Waals surface area contributed by atoms with Crippen LogP contribution >= 0.6 is 11.8 Å². The van der Waals surface area contributed by atoms with Crippen molar-refractivity contribution in [2.24, 2.45) is 0 Å². The molecule has 1 aliphatic heterocycles. The maximum Gasteiger partial charge on any atom is 0.258 e. The molecule has 0 saturated carbocycles. The average molecular weight is 648 g/mol. The summed E-state index contributed by atoms with van der Waals surface area (Å²) < 4.78 is 10.5. The highest BCUT2D eigenvalue weighted by Crippen LogP contribution is 2.40. The van der Waals surface area contributed by atoms with Crippen molar-refractivity contribution >= 4 is 29.5 Å². The molecule has 1 fully saturated rings. The number of thioether (sulfide) groups is 1. The van der Waals surface area contributed by atoms with Crippen LogP contribution in [0.1, 0.15) is 47.2 Å². The molecule has 246 valence electrons. The van der Waals surface area contributed by atoms with Crippen molar-refractivity contribution in [3.63, 3.8) is 0 Å². The Kier molecular flexibility index (Phi) is 11.4. The zero-order valence-electron chi connectivity index (χ0n) is 27.7. The van der Waals surface area contributed by atoms with Gasteiger partial charge >= 0.3 is 0 Å². The zero-order chi connectivity index (χ0) is 33.6. The standard InChI is InChI=1S/C36H45N3O6S/c1-22-10-8-11-23(2)28(22)19-37-34(42)33-36(5,6)46-21-39(33)35(43)31(41)29(18-26-14-16-27(44-7)17-15-26)38-30(40)20-45-32-24(3)12-9-13-25(32)4/h8-17,29,31,33,41H,18-21H2,1-7H3,(H,37,42)(H,38,40)/t29-,31-,33+/m0/s1. The number of ether oxygens (including phenoxy) is 2. The van der Waals surface area contributed by atoms with E-state index in [-0.39, 0.29) is 24.8 Å². The zero-order valence-corrected chi connectivity index (χ0v) is 28.5. The topological polar surface area (TPSA) is 117 Å². The molecule has 1 aliphatic rings. The normalized spacial score (nSPS) is 16.8. The van der Waals surface area contributed by atoms with Gasteiger partial charge in [-0.05, 0) is 93.5 Å². The summed E-state index contributed by atoms with van der Waals surface area (Å²) in [5.74, 6) is 0.104. The van der Waals surface area contributed by atoms with E-state index in [1.54, 1.807) is 19.2 Å². The Labute approximate surface area is 276 Å². The van der Waals surface area contributed by atoms with Crippen molar-refractivity contribution in [2.75, 3.05) is 19.6 Å². The third-order valence-corrected chi connectivity index (χ3v) is 9.89. The second kappa shape index (κ2) is 15.0. The number of benzene rings is 3. The number of aliphatic hydroxyl groups excluding tert-OH is 1. The maximum absolute atomic E-state index is 14.0. The average Bonchev–Trinajstić information content (AvgIpc) is 3.34. The number of aliphatic hydroxyl groups is 1. The van der Waals surface area contributed by atoms with Gasteiger partial charge in [-0.3, -0.25) is 14.4 Å². The van der Waals surface area contributed by atoms with E-state index < -0.39 is 34.7 Å². The summed E-state index contributed by atoms with van der Waals surface area (Å²) in [7, 11) is 1.57. The van der Waals surface area contributed by atoms with Crippen molar-refractivity contribution in [2.45, 2.75) is 77.4 Å². The van der Waals surface area contributed by atoms with Crippen LogP contribution in [-0.2, 0) is 27.3 Å². The summed E-state index contributed by atoms with van der Waals surface area (Å²) in [5.41, 5.74) is 5.75. The number of aryl methyl sites for hydroxylation is 4. The van der Waals surface area contributed by atoms with Gasteiger partial charge in [0.15, 0.2) is 12.7 Å². The number of carbonyl (C=O) groups is 3. The van der Waals surface area contributed by atoms with Gasteiger partial charge in [0, 0.05) is 11.3 Å². The van der Waals surface area contributed by atoms with Crippen LogP contribution < -0.4 is 20.1 Å². The van der Waals surface area contributed by atoms with Crippen LogP contribution in [0.3, 0.4) is 0 Å². The monoisotopic (exact) mass is 647 g/mol. The molecule has 3 atom stereocenters. The minimum absolute atomic E-state index is 0.167. The Morgan fingerprint density at radius 2 is 1.54 bits per heavy atom. The Balaban J connectivity index is 1.52. The molecule has 3 aromatic rings. The van der Waals surface area contributed by atoms with Crippen molar-refractivity contribution in [1.82, 2.24) is 15.5 Å². The SMILES string of the molecule is COc1ccc(C[C@H](NC(=O)COc2c(C)cccc2C)[C@H](O)C(=O)N2CSC(C)(C)[C@H]2C(=O)NCc2c(C)cccc2C)cc1. The van der Waals surface area contributed by atoms with E-state index in [0.29, 0.717) is 18.0 Å². The predicted molar refractivity (Wildman–Crippen MR) is 181 cm³/mol. The van der Waals surface area contributed by atoms with Gasteiger partial charge in [-0.25, -0.2) is 0 Å². The lowest BCUT2D eigenvalue weighted by Crippen LogP contribution is -2.59. The van der Waals surface area contributed by atoms with Gasteiger partial charge in [0.2, 0.25) is 5.91 Å². The maximum atomic E-state index is 14.0. The van der Waals surface area contributed by atoms with E-state index in [2.05, 4.69) is 10.6 Å². The fraction of sp³-hybridized carbons (Fsp3) is 0.417. The molecule has 0 spiro atoms. The van der Waals surface area contributed by atoms with Crippen molar-refractivity contribution < 1.29 is 29.0 Å². The first-order valence-electron chi connectivity index (χ1n) is 15.4. The molecular weight excluding hydrogens is 602 g/mol. The lowest BCUT2D eigenvalue weighted by molar-refractivity contribution is -0.148. The molecule has 3 aromatic carbocycles. The first-order valence-corrected chi connectivity index (χ1v) is 16.4. The van der Waals surface area contributed by atoms with E-state index in [1.165, 1.54) is 16.7 Å². The van der Waals surface area contributed by atoms with Gasteiger partial charge in [0.1, 0.15) is 17.5 Å². The summed E-state index contributed by atoms with van der Waals surface area (Å²) in [5, 5.41) is 17.4. The van der Waals surface area contributed by atoms with Gasteiger partial charge in [0.25, 0.3) is 11.8 Å². The second-order valence-electron chi connectivity index (χ2n) is 12.4. The molecule has 10 heteroatoms. The fourth-order valence-electron chi connectivity index (χ4n) is 5.82. The number of nitrogens with zero attached hydrogens (tertiary/aromatic N) is 1. The first kappa shape index (κ1) is 34.8. The number of rotatable bonds is 12. The number of amides is 3. The molecule has 9 nitrogen and oxygen atoms in total. The number of carbonyl (C=O) groups excluding carboxylic acids is 3. The third kappa shape index (κ3) is 8.22. The Hall–Kier alpha value is -4.02. The van der Waals surface area contributed by atoms with Crippen molar-refractivity contribution in [3.05, 3.63) is 94.0 Å². The van der Waals surface area contributed by atoms with Crippen LogP contribution in [0.2, 0.25) is 0 Å². The number of nitrogens with one attached hydrogen (secondary N) is 2. The molecule has 46 heavy (non-hydrogen) atoms. The Morgan fingerprint density at radius 3 is 2.13 bits per heavy atom. The lowest BCUT2D eigenvalue weighted by atomic mass is 9.96. The molecule has 0 radical (unpaired) electrons. The number of para-hydroxylation sites is 1. The van der Waals surface area contributed by atoms with Crippen molar-refractivity contribution in [1.29, 1.82) is 0 Å².